The molecule has 0 bridgehead atoms. The molecule has 134 valence electrons. The molecule has 0 spiro atoms. The number of hydrogen-bond acceptors (Lipinski definition) is 4. The summed E-state index contributed by atoms with van der Waals surface area (Å²) in [5.41, 5.74) is 4.82. The Morgan fingerprint density at radius 2 is 1.81 bits per heavy atom. The van der Waals surface area contributed by atoms with Gasteiger partial charge >= 0.3 is 0 Å². The third-order valence-corrected chi connectivity index (χ3v) is 6.17. The van der Waals surface area contributed by atoms with E-state index in [4.69, 9.17) is 0 Å². The predicted molar refractivity (Wildman–Crippen MR) is 109 cm³/mol. The Hall–Kier alpha value is -2.27. The van der Waals surface area contributed by atoms with Crippen LogP contribution in [0.15, 0.2) is 52.7 Å². The van der Waals surface area contributed by atoms with Gasteiger partial charge in [-0.1, -0.05) is 37.6 Å². The molecule has 1 fully saturated rings. The zero-order valence-corrected chi connectivity index (χ0v) is 16.1. The summed E-state index contributed by atoms with van der Waals surface area (Å²) in [6.45, 7) is 6.40. The maximum absolute atomic E-state index is 10.9. The molecule has 2 aromatic carbocycles. The van der Waals surface area contributed by atoms with Gasteiger partial charge in [-0.2, -0.15) is 16.9 Å². The van der Waals surface area contributed by atoms with Gasteiger partial charge in [0.25, 0.3) is 0 Å². The Balaban J connectivity index is 1.84. The number of benzene rings is 2. The van der Waals surface area contributed by atoms with Crippen molar-refractivity contribution in [1.29, 1.82) is 0 Å². The van der Waals surface area contributed by atoms with Crippen LogP contribution in [0.2, 0.25) is 0 Å². The first kappa shape index (κ1) is 17.2. The molecule has 4 nitrogen and oxygen atoms in total. The van der Waals surface area contributed by atoms with Crippen molar-refractivity contribution in [1.82, 2.24) is 4.57 Å². The number of aromatic nitrogens is 1. The minimum atomic E-state index is 0.224. The number of azo groups is 1. The second kappa shape index (κ2) is 6.80. The molecule has 3 aromatic rings. The fourth-order valence-corrected chi connectivity index (χ4v) is 3.97. The van der Waals surface area contributed by atoms with Gasteiger partial charge in [-0.15, -0.1) is 5.11 Å². The van der Waals surface area contributed by atoms with Gasteiger partial charge < -0.3 is 9.67 Å². The van der Waals surface area contributed by atoms with E-state index in [9.17, 15) is 5.11 Å². The van der Waals surface area contributed by atoms with Gasteiger partial charge in [0.15, 0.2) is 5.69 Å². The van der Waals surface area contributed by atoms with E-state index in [2.05, 4.69) is 42.3 Å². The van der Waals surface area contributed by atoms with E-state index in [0.717, 1.165) is 28.1 Å². The summed E-state index contributed by atoms with van der Waals surface area (Å²) in [5, 5.41) is 20.7. The Labute approximate surface area is 158 Å². The standard InChI is InChI=1S/C21H23N3OS/c1-13(2)15-6-9-19-18(10-15)20(21(25)24(19)17-11-26-12-17)23-22-16-7-4-14(3)5-8-16/h4-10,13,17,25H,11-12H2,1-3H3. The van der Waals surface area contributed by atoms with Crippen molar-refractivity contribution in [2.24, 2.45) is 10.2 Å². The Kier molecular flexibility index (Phi) is 4.49. The lowest BCUT2D eigenvalue weighted by molar-refractivity contribution is 0.406. The highest BCUT2D eigenvalue weighted by Crippen LogP contribution is 2.45. The lowest BCUT2D eigenvalue weighted by Gasteiger charge is -2.27. The molecule has 0 atom stereocenters. The Morgan fingerprint density at radius 3 is 2.42 bits per heavy atom. The van der Waals surface area contributed by atoms with Crippen molar-refractivity contribution >= 4 is 34.0 Å². The van der Waals surface area contributed by atoms with Gasteiger partial charge in [0.2, 0.25) is 5.88 Å². The molecule has 0 aliphatic carbocycles. The van der Waals surface area contributed by atoms with E-state index < -0.39 is 0 Å². The van der Waals surface area contributed by atoms with Crippen LogP contribution in [0.1, 0.15) is 36.9 Å². The van der Waals surface area contributed by atoms with Crippen LogP contribution in [0, 0.1) is 6.92 Å². The summed E-state index contributed by atoms with van der Waals surface area (Å²) in [5.74, 6) is 2.70. The van der Waals surface area contributed by atoms with Gasteiger partial charge in [0, 0.05) is 16.9 Å². The second-order valence-corrected chi connectivity index (χ2v) is 8.28. The van der Waals surface area contributed by atoms with Crippen molar-refractivity contribution in [3.05, 3.63) is 53.6 Å². The SMILES string of the molecule is Cc1ccc(N=Nc2c(O)n(C3CSC3)c3ccc(C(C)C)cc23)cc1. The normalized spacial score (nSPS) is 15.2. The molecule has 0 unspecified atom stereocenters. The fraction of sp³-hybridized carbons (Fsp3) is 0.333. The van der Waals surface area contributed by atoms with Crippen LogP contribution < -0.4 is 0 Å². The van der Waals surface area contributed by atoms with Gasteiger partial charge in [-0.25, -0.2) is 0 Å². The van der Waals surface area contributed by atoms with Crippen molar-refractivity contribution in [2.75, 3.05) is 11.5 Å². The van der Waals surface area contributed by atoms with Crippen molar-refractivity contribution in [2.45, 2.75) is 32.7 Å². The monoisotopic (exact) mass is 365 g/mol. The van der Waals surface area contributed by atoms with Crippen molar-refractivity contribution < 1.29 is 5.11 Å². The van der Waals surface area contributed by atoms with Gasteiger partial charge in [0.1, 0.15) is 0 Å². The number of nitrogens with zero attached hydrogens (tertiary/aromatic N) is 3. The maximum Gasteiger partial charge on any atom is 0.221 e. The highest BCUT2D eigenvalue weighted by atomic mass is 32.2. The number of fused-ring (bicyclic) bond motifs is 1. The largest absolute Gasteiger partial charge is 0.493 e. The molecule has 0 radical (unpaired) electrons. The van der Waals surface area contributed by atoms with E-state index in [0.29, 0.717) is 17.6 Å². The predicted octanol–water partition coefficient (Wildman–Crippen LogP) is 6.48. The summed E-state index contributed by atoms with van der Waals surface area (Å²) >= 11 is 1.90. The highest BCUT2D eigenvalue weighted by molar-refractivity contribution is 8.00. The van der Waals surface area contributed by atoms with Crippen LogP contribution in [0.25, 0.3) is 10.9 Å². The first-order valence-corrected chi connectivity index (χ1v) is 10.1. The van der Waals surface area contributed by atoms with E-state index in [1.165, 1.54) is 11.1 Å². The van der Waals surface area contributed by atoms with Crippen LogP contribution in [-0.4, -0.2) is 21.2 Å². The highest BCUT2D eigenvalue weighted by Gasteiger charge is 2.27. The molecule has 1 aliphatic heterocycles. The molecule has 5 heteroatoms. The first-order valence-electron chi connectivity index (χ1n) is 8.97. The molecule has 0 amide bonds. The quantitative estimate of drug-likeness (QED) is 0.538. The molecule has 1 saturated heterocycles. The van der Waals surface area contributed by atoms with Crippen molar-refractivity contribution in [3.63, 3.8) is 0 Å². The lowest BCUT2D eigenvalue weighted by atomic mass is 10.0. The third-order valence-electron chi connectivity index (χ3n) is 4.93. The minimum Gasteiger partial charge on any atom is -0.493 e. The lowest BCUT2D eigenvalue weighted by Crippen LogP contribution is -2.22. The van der Waals surface area contributed by atoms with E-state index in [1.807, 2.05) is 47.5 Å². The maximum atomic E-state index is 10.9. The van der Waals surface area contributed by atoms with Crippen LogP contribution in [-0.2, 0) is 0 Å². The minimum absolute atomic E-state index is 0.224. The molecular weight excluding hydrogens is 342 g/mol. The molecule has 1 N–H and O–H groups in total. The summed E-state index contributed by atoms with van der Waals surface area (Å²) in [6.07, 6.45) is 0. The molecule has 4 rings (SSSR count). The Bertz CT molecular complexity index is 969. The smallest absolute Gasteiger partial charge is 0.221 e. The van der Waals surface area contributed by atoms with E-state index in [-0.39, 0.29) is 5.88 Å². The Morgan fingerprint density at radius 1 is 1.08 bits per heavy atom. The van der Waals surface area contributed by atoms with Crippen molar-refractivity contribution in [3.8, 4) is 5.88 Å². The van der Waals surface area contributed by atoms with E-state index in [1.54, 1.807) is 0 Å². The number of aryl methyl sites for hydroxylation is 1. The van der Waals surface area contributed by atoms with Crippen LogP contribution in [0.3, 0.4) is 0 Å². The van der Waals surface area contributed by atoms with Crippen LogP contribution in [0.5, 0.6) is 5.88 Å². The fourth-order valence-electron chi connectivity index (χ4n) is 3.22. The third kappa shape index (κ3) is 3.01. The number of thioether (sulfide) groups is 1. The van der Waals surface area contributed by atoms with Gasteiger partial charge in [-0.05, 0) is 42.7 Å². The zero-order chi connectivity index (χ0) is 18.3. The topological polar surface area (TPSA) is 49.9 Å². The summed E-state index contributed by atoms with van der Waals surface area (Å²) < 4.78 is 2.03. The van der Waals surface area contributed by atoms with Gasteiger partial charge in [-0.3, -0.25) is 0 Å². The first-order chi connectivity index (χ1) is 12.5. The molecule has 2 heterocycles. The molecule has 26 heavy (non-hydrogen) atoms. The second-order valence-electron chi connectivity index (χ2n) is 7.20. The summed E-state index contributed by atoms with van der Waals surface area (Å²) in [4.78, 5) is 0. The zero-order valence-electron chi connectivity index (χ0n) is 15.3. The summed E-state index contributed by atoms with van der Waals surface area (Å²) in [6, 6.07) is 14.6. The molecule has 1 aromatic heterocycles. The average molecular weight is 366 g/mol. The van der Waals surface area contributed by atoms with Gasteiger partial charge in [0.05, 0.1) is 17.2 Å². The van der Waals surface area contributed by atoms with Crippen LogP contribution >= 0.6 is 11.8 Å². The average Bonchev–Trinajstić information content (AvgIpc) is 2.85. The number of aromatic hydroxyl groups is 1. The summed E-state index contributed by atoms with van der Waals surface area (Å²) in [7, 11) is 0. The molecular formula is C21H23N3OS. The number of rotatable bonds is 4. The van der Waals surface area contributed by atoms with E-state index >= 15 is 0 Å². The molecule has 1 aliphatic rings. The molecule has 0 saturated carbocycles. The van der Waals surface area contributed by atoms with Crippen LogP contribution in [0.4, 0.5) is 11.4 Å². The number of hydrogen-bond donors (Lipinski definition) is 1.